The molecule has 0 bridgehead atoms. The second-order valence-electron chi connectivity index (χ2n) is 6.81. The molecule has 0 aliphatic rings. The first-order valence-electron chi connectivity index (χ1n) is 9.50. The Balaban J connectivity index is 1.84. The molecule has 0 saturated carbocycles. The molecule has 0 saturated heterocycles. The molecule has 2 aromatic carbocycles. The van der Waals surface area contributed by atoms with Crippen molar-refractivity contribution in [3.05, 3.63) is 100 Å². The summed E-state index contributed by atoms with van der Waals surface area (Å²) >= 11 is 13.1. The van der Waals surface area contributed by atoms with E-state index in [9.17, 15) is 9.59 Å². The lowest BCUT2D eigenvalue weighted by molar-refractivity contribution is 0.0996. The predicted octanol–water partition coefficient (Wildman–Crippen LogP) is 5.47. The zero-order valence-electron chi connectivity index (χ0n) is 16.5. The fourth-order valence-electron chi connectivity index (χ4n) is 3.27. The number of hydrogen-bond donors (Lipinski definition) is 2. The van der Waals surface area contributed by atoms with E-state index in [1.807, 2.05) is 12.1 Å². The number of benzene rings is 2. The van der Waals surface area contributed by atoms with Crippen LogP contribution in [0.15, 0.2) is 79.3 Å². The van der Waals surface area contributed by atoms with Crippen molar-refractivity contribution < 1.29 is 9.59 Å². The highest BCUT2D eigenvalue weighted by Gasteiger charge is 2.21. The van der Waals surface area contributed by atoms with Crippen LogP contribution >= 0.6 is 23.2 Å². The van der Waals surface area contributed by atoms with E-state index in [1.54, 1.807) is 55.0 Å². The Bertz CT molecular complexity index is 1310. The third kappa shape index (κ3) is 4.32. The van der Waals surface area contributed by atoms with E-state index in [0.29, 0.717) is 33.1 Å². The molecule has 3 N–H and O–H groups in total. The van der Waals surface area contributed by atoms with Crippen LogP contribution in [0.2, 0.25) is 10.0 Å². The van der Waals surface area contributed by atoms with Gasteiger partial charge in [0.15, 0.2) is 0 Å². The van der Waals surface area contributed by atoms with E-state index in [2.05, 4.69) is 15.3 Å². The Labute approximate surface area is 194 Å². The Morgan fingerprint density at radius 1 is 0.875 bits per heavy atom. The van der Waals surface area contributed by atoms with Crippen LogP contribution in [-0.2, 0) is 0 Å². The van der Waals surface area contributed by atoms with Gasteiger partial charge in [-0.2, -0.15) is 0 Å². The van der Waals surface area contributed by atoms with E-state index >= 15 is 0 Å². The molecule has 2 aromatic heterocycles. The first-order chi connectivity index (χ1) is 15.5. The predicted molar refractivity (Wildman–Crippen MR) is 126 cm³/mol. The van der Waals surface area contributed by atoms with Gasteiger partial charge in [0.05, 0.1) is 16.3 Å². The second kappa shape index (κ2) is 9.18. The third-order valence-corrected chi connectivity index (χ3v) is 5.51. The van der Waals surface area contributed by atoms with Crippen molar-refractivity contribution in [3.8, 4) is 22.4 Å². The van der Waals surface area contributed by atoms with Crippen molar-refractivity contribution in [3.63, 3.8) is 0 Å². The van der Waals surface area contributed by atoms with Gasteiger partial charge in [-0.25, -0.2) is 0 Å². The number of primary amides is 1. The monoisotopic (exact) mass is 462 g/mol. The van der Waals surface area contributed by atoms with Crippen LogP contribution in [0, 0.1) is 0 Å². The second-order valence-corrected chi connectivity index (χ2v) is 7.60. The summed E-state index contributed by atoms with van der Waals surface area (Å²) in [5, 5.41) is 3.34. The number of carbonyl (C=O) groups excluding carboxylic acids is 2. The van der Waals surface area contributed by atoms with Gasteiger partial charge in [0.25, 0.3) is 5.91 Å². The lowest BCUT2D eigenvalue weighted by Gasteiger charge is -2.15. The Morgan fingerprint density at radius 3 is 2.31 bits per heavy atom. The highest BCUT2D eigenvalue weighted by Crippen LogP contribution is 2.38. The van der Waals surface area contributed by atoms with Crippen molar-refractivity contribution in [1.82, 2.24) is 9.97 Å². The number of aromatic nitrogens is 2. The van der Waals surface area contributed by atoms with Gasteiger partial charge in [-0.05, 0) is 54.1 Å². The lowest BCUT2D eigenvalue weighted by atomic mass is 9.94. The lowest BCUT2D eigenvalue weighted by Crippen LogP contribution is -2.16. The standard InChI is InChI=1S/C24H16Cl2N4O2/c25-19-7-4-14(13-18(19)20-3-1-2-10-29-20)21-16(23(27)31)5-6-17(22(21)26)24(32)30-15-8-11-28-12-9-15/h1-13H,(H2,27,31)(H,28,30,32). The average molecular weight is 463 g/mol. The summed E-state index contributed by atoms with van der Waals surface area (Å²) in [4.78, 5) is 33.3. The molecule has 32 heavy (non-hydrogen) atoms. The largest absolute Gasteiger partial charge is 0.366 e. The number of halogens is 2. The molecular formula is C24H16Cl2N4O2. The van der Waals surface area contributed by atoms with E-state index in [1.165, 1.54) is 12.1 Å². The topological polar surface area (TPSA) is 98.0 Å². The molecule has 2 amide bonds. The van der Waals surface area contributed by atoms with Crippen molar-refractivity contribution in [2.75, 3.05) is 5.32 Å². The molecule has 0 unspecified atom stereocenters. The highest BCUT2D eigenvalue weighted by atomic mass is 35.5. The van der Waals surface area contributed by atoms with Crippen LogP contribution < -0.4 is 11.1 Å². The summed E-state index contributed by atoms with van der Waals surface area (Å²) < 4.78 is 0. The fraction of sp³-hybridized carbons (Fsp3) is 0. The van der Waals surface area contributed by atoms with Crippen molar-refractivity contribution in [2.45, 2.75) is 0 Å². The minimum Gasteiger partial charge on any atom is -0.366 e. The van der Waals surface area contributed by atoms with Gasteiger partial charge in [0.1, 0.15) is 0 Å². The van der Waals surface area contributed by atoms with Crippen LogP contribution in [-0.4, -0.2) is 21.8 Å². The van der Waals surface area contributed by atoms with Crippen molar-refractivity contribution in [2.24, 2.45) is 5.73 Å². The van der Waals surface area contributed by atoms with Crippen LogP contribution in [0.4, 0.5) is 5.69 Å². The smallest absolute Gasteiger partial charge is 0.257 e. The molecule has 6 nitrogen and oxygen atoms in total. The van der Waals surface area contributed by atoms with Crippen LogP contribution in [0.1, 0.15) is 20.7 Å². The van der Waals surface area contributed by atoms with Crippen LogP contribution in [0.5, 0.6) is 0 Å². The van der Waals surface area contributed by atoms with Crippen molar-refractivity contribution >= 4 is 40.7 Å². The average Bonchev–Trinajstić information content (AvgIpc) is 2.80. The first kappa shape index (κ1) is 21.5. The van der Waals surface area contributed by atoms with Crippen molar-refractivity contribution in [1.29, 1.82) is 0 Å². The molecule has 8 heteroatoms. The maximum absolute atomic E-state index is 12.9. The van der Waals surface area contributed by atoms with Gasteiger partial charge in [-0.3, -0.25) is 19.6 Å². The number of pyridine rings is 2. The molecule has 0 atom stereocenters. The number of hydrogen-bond acceptors (Lipinski definition) is 4. The zero-order valence-corrected chi connectivity index (χ0v) is 18.1. The minimum atomic E-state index is -0.669. The molecule has 4 aromatic rings. The summed E-state index contributed by atoms with van der Waals surface area (Å²) in [6.45, 7) is 0. The highest BCUT2D eigenvalue weighted by molar-refractivity contribution is 6.38. The maximum atomic E-state index is 12.9. The summed E-state index contributed by atoms with van der Waals surface area (Å²) in [7, 11) is 0. The number of nitrogens with two attached hydrogens (primary N) is 1. The number of anilines is 1. The summed E-state index contributed by atoms with van der Waals surface area (Å²) in [6, 6.07) is 16.9. The van der Waals surface area contributed by atoms with E-state index in [-0.39, 0.29) is 16.1 Å². The molecular weight excluding hydrogens is 447 g/mol. The van der Waals surface area contributed by atoms with Gasteiger partial charge < -0.3 is 11.1 Å². The van der Waals surface area contributed by atoms with Gasteiger partial charge in [-0.1, -0.05) is 35.3 Å². The van der Waals surface area contributed by atoms with E-state index in [4.69, 9.17) is 28.9 Å². The Kier molecular flexibility index (Phi) is 6.16. The number of nitrogens with one attached hydrogen (secondary N) is 1. The van der Waals surface area contributed by atoms with Crippen LogP contribution in [0.3, 0.4) is 0 Å². The maximum Gasteiger partial charge on any atom is 0.257 e. The summed E-state index contributed by atoms with van der Waals surface area (Å²) in [5.41, 5.74) is 8.77. The number of nitrogens with zero attached hydrogens (tertiary/aromatic N) is 2. The normalized spacial score (nSPS) is 10.6. The molecule has 0 aliphatic heterocycles. The molecule has 0 spiro atoms. The molecule has 158 valence electrons. The van der Waals surface area contributed by atoms with Gasteiger partial charge in [0.2, 0.25) is 5.91 Å². The minimum absolute atomic E-state index is 0.0992. The number of amides is 2. The van der Waals surface area contributed by atoms with E-state index < -0.39 is 11.8 Å². The number of rotatable bonds is 5. The molecule has 4 rings (SSSR count). The molecule has 0 radical (unpaired) electrons. The third-order valence-electron chi connectivity index (χ3n) is 4.79. The molecule has 0 aliphatic carbocycles. The van der Waals surface area contributed by atoms with Gasteiger partial charge in [0, 0.05) is 46.0 Å². The molecule has 0 fully saturated rings. The van der Waals surface area contributed by atoms with E-state index in [0.717, 1.165) is 0 Å². The Hall–Kier alpha value is -3.74. The number of carbonyl (C=O) groups is 2. The van der Waals surface area contributed by atoms with Crippen LogP contribution in [0.25, 0.3) is 22.4 Å². The first-order valence-corrected chi connectivity index (χ1v) is 10.3. The summed E-state index contributed by atoms with van der Waals surface area (Å²) in [5.74, 6) is -1.10. The van der Waals surface area contributed by atoms with Gasteiger partial charge >= 0.3 is 0 Å². The quantitative estimate of drug-likeness (QED) is 0.410. The summed E-state index contributed by atoms with van der Waals surface area (Å²) in [6.07, 6.45) is 4.78. The molecule has 2 heterocycles. The fourth-order valence-corrected chi connectivity index (χ4v) is 3.85. The van der Waals surface area contributed by atoms with Gasteiger partial charge in [-0.15, -0.1) is 0 Å². The zero-order chi connectivity index (χ0) is 22.7. The SMILES string of the molecule is NC(=O)c1ccc(C(=O)Nc2ccncc2)c(Cl)c1-c1ccc(Cl)c(-c2ccccn2)c1. The Morgan fingerprint density at radius 2 is 1.62 bits per heavy atom.